The summed E-state index contributed by atoms with van der Waals surface area (Å²) in [7, 11) is 0. The number of anilines is 1. The minimum atomic E-state index is 0.363. The molecule has 1 saturated carbocycles. The van der Waals surface area contributed by atoms with Crippen LogP contribution in [0.4, 0.5) is 5.82 Å². The number of halogens is 1. The van der Waals surface area contributed by atoms with Crippen molar-refractivity contribution in [1.82, 2.24) is 14.5 Å². The van der Waals surface area contributed by atoms with Crippen molar-refractivity contribution < 1.29 is 0 Å². The van der Waals surface area contributed by atoms with Crippen LogP contribution in [0, 0.1) is 3.57 Å². The zero-order valence-corrected chi connectivity index (χ0v) is 12.2. The summed E-state index contributed by atoms with van der Waals surface area (Å²) in [5, 5.41) is 0.980. The minimum absolute atomic E-state index is 0.363. The minimum Gasteiger partial charge on any atom is -0.383 e. The predicted molar refractivity (Wildman–Crippen MR) is 80.1 cm³/mol. The molecule has 0 bridgehead atoms. The van der Waals surface area contributed by atoms with Gasteiger partial charge in [-0.25, -0.2) is 9.97 Å². The highest BCUT2D eigenvalue weighted by Crippen LogP contribution is 2.33. The van der Waals surface area contributed by atoms with Crippen molar-refractivity contribution in [2.45, 2.75) is 37.8 Å². The summed E-state index contributed by atoms with van der Waals surface area (Å²) < 4.78 is 3.37. The van der Waals surface area contributed by atoms with Crippen LogP contribution in [0.1, 0.15) is 31.7 Å². The topological polar surface area (TPSA) is 82.8 Å². The van der Waals surface area contributed by atoms with Gasteiger partial charge >= 0.3 is 0 Å². The van der Waals surface area contributed by atoms with Crippen LogP contribution < -0.4 is 11.5 Å². The monoisotopic (exact) mass is 357 g/mol. The molecule has 96 valence electrons. The third-order valence-electron chi connectivity index (χ3n) is 3.73. The Morgan fingerprint density at radius 1 is 1.22 bits per heavy atom. The van der Waals surface area contributed by atoms with E-state index in [1.54, 1.807) is 6.33 Å². The molecule has 1 aliphatic rings. The summed E-state index contributed by atoms with van der Waals surface area (Å²) in [6.07, 6.45) is 8.08. The summed E-state index contributed by atoms with van der Waals surface area (Å²) in [6, 6.07) is 0.854. The van der Waals surface area contributed by atoms with Crippen LogP contribution >= 0.6 is 22.6 Å². The van der Waals surface area contributed by atoms with Crippen LogP contribution in [-0.4, -0.2) is 20.6 Å². The Morgan fingerprint density at radius 3 is 2.67 bits per heavy atom. The third kappa shape index (κ3) is 1.97. The zero-order chi connectivity index (χ0) is 12.7. The molecular weight excluding hydrogens is 341 g/mol. The molecule has 0 spiro atoms. The molecule has 0 radical (unpaired) electrons. The molecular formula is C12H16IN5. The molecule has 1 fully saturated rings. The van der Waals surface area contributed by atoms with E-state index in [9.17, 15) is 0 Å². The van der Waals surface area contributed by atoms with Crippen molar-refractivity contribution >= 4 is 39.4 Å². The lowest BCUT2D eigenvalue weighted by molar-refractivity contribution is 0.328. The first-order valence-corrected chi connectivity index (χ1v) is 7.27. The van der Waals surface area contributed by atoms with Crippen molar-refractivity contribution in [1.29, 1.82) is 0 Å². The largest absolute Gasteiger partial charge is 0.383 e. The molecule has 1 aliphatic carbocycles. The van der Waals surface area contributed by atoms with Gasteiger partial charge < -0.3 is 16.0 Å². The molecule has 6 heteroatoms. The second kappa shape index (κ2) is 4.65. The second-order valence-electron chi connectivity index (χ2n) is 4.91. The molecule has 2 aromatic rings. The molecule has 0 amide bonds. The van der Waals surface area contributed by atoms with Gasteiger partial charge in [0, 0.05) is 21.9 Å². The lowest BCUT2D eigenvalue weighted by Gasteiger charge is -2.27. The number of aromatic nitrogens is 3. The summed E-state index contributed by atoms with van der Waals surface area (Å²) in [4.78, 5) is 8.46. The van der Waals surface area contributed by atoms with E-state index in [0.717, 1.165) is 40.3 Å². The molecule has 3 rings (SSSR count). The highest BCUT2D eigenvalue weighted by atomic mass is 127. The summed E-state index contributed by atoms with van der Waals surface area (Å²) in [5.74, 6) is 0.565. The lowest BCUT2D eigenvalue weighted by atomic mass is 9.92. The maximum absolute atomic E-state index is 5.96. The summed E-state index contributed by atoms with van der Waals surface area (Å²) in [5.41, 5.74) is 12.8. The summed E-state index contributed by atoms with van der Waals surface area (Å²) >= 11 is 2.30. The third-order valence-corrected chi connectivity index (χ3v) is 4.55. The Bertz CT molecular complexity index is 571. The number of hydrogen-bond donors (Lipinski definition) is 2. The van der Waals surface area contributed by atoms with Crippen LogP contribution in [-0.2, 0) is 0 Å². The molecule has 0 aliphatic heterocycles. The molecule has 2 aromatic heterocycles. The van der Waals surface area contributed by atoms with Gasteiger partial charge in [0.15, 0.2) is 0 Å². The average molecular weight is 357 g/mol. The van der Waals surface area contributed by atoms with Gasteiger partial charge in [0.25, 0.3) is 0 Å². The average Bonchev–Trinajstić information content (AvgIpc) is 2.69. The lowest BCUT2D eigenvalue weighted by Crippen LogP contribution is -2.27. The number of nitrogen functional groups attached to an aromatic ring is 1. The van der Waals surface area contributed by atoms with Gasteiger partial charge in [-0.1, -0.05) is 0 Å². The van der Waals surface area contributed by atoms with E-state index >= 15 is 0 Å². The van der Waals surface area contributed by atoms with Crippen LogP contribution in [0.15, 0.2) is 12.5 Å². The van der Waals surface area contributed by atoms with Gasteiger partial charge in [0.05, 0.1) is 5.39 Å². The smallest absolute Gasteiger partial charge is 0.146 e. The number of rotatable bonds is 1. The first kappa shape index (κ1) is 12.2. The fourth-order valence-corrected chi connectivity index (χ4v) is 3.54. The Morgan fingerprint density at radius 2 is 1.94 bits per heavy atom. The van der Waals surface area contributed by atoms with Crippen LogP contribution in [0.25, 0.3) is 11.0 Å². The number of hydrogen-bond acceptors (Lipinski definition) is 4. The maximum atomic E-state index is 5.96. The molecule has 0 atom stereocenters. The van der Waals surface area contributed by atoms with Gasteiger partial charge in [-0.15, -0.1) is 0 Å². The van der Waals surface area contributed by atoms with E-state index in [-0.39, 0.29) is 0 Å². The normalized spacial score (nSPS) is 24.6. The van der Waals surface area contributed by atoms with Crippen LogP contribution in [0.2, 0.25) is 0 Å². The maximum Gasteiger partial charge on any atom is 0.146 e. The van der Waals surface area contributed by atoms with Gasteiger partial charge in [0.2, 0.25) is 0 Å². The van der Waals surface area contributed by atoms with Crippen LogP contribution in [0.5, 0.6) is 0 Å². The SMILES string of the molecule is Nc1ncnc2c1c(I)cn2[C@H]1CC[C@@H](N)CC1. The van der Waals surface area contributed by atoms with Crippen molar-refractivity contribution in [3.8, 4) is 0 Å². The van der Waals surface area contributed by atoms with E-state index in [1.807, 2.05) is 0 Å². The van der Waals surface area contributed by atoms with Gasteiger partial charge in [-0.2, -0.15) is 0 Å². The fourth-order valence-electron chi connectivity index (χ4n) is 2.72. The van der Waals surface area contributed by atoms with E-state index in [2.05, 4.69) is 43.3 Å². The molecule has 0 saturated heterocycles. The first-order valence-electron chi connectivity index (χ1n) is 6.19. The summed E-state index contributed by atoms with van der Waals surface area (Å²) in [6.45, 7) is 0. The van der Waals surface area contributed by atoms with E-state index < -0.39 is 0 Å². The Balaban J connectivity index is 2.05. The van der Waals surface area contributed by atoms with Crippen molar-refractivity contribution in [2.75, 3.05) is 5.73 Å². The standard InChI is InChI=1S/C12H16IN5/c13-9-5-18(8-3-1-7(14)2-4-8)12-10(9)11(15)16-6-17-12/h5-8H,1-4,14H2,(H2,15,16,17)/t7-,8+. The van der Waals surface area contributed by atoms with Gasteiger partial charge in [-0.3, -0.25) is 0 Å². The van der Waals surface area contributed by atoms with Gasteiger partial charge in [0.1, 0.15) is 17.8 Å². The fraction of sp³-hybridized carbons (Fsp3) is 0.500. The molecule has 2 heterocycles. The molecule has 5 nitrogen and oxygen atoms in total. The number of fused-ring (bicyclic) bond motifs is 1. The quantitative estimate of drug-likeness (QED) is 0.766. The first-order chi connectivity index (χ1) is 8.66. The van der Waals surface area contributed by atoms with E-state index in [4.69, 9.17) is 11.5 Å². The number of nitrogens with zero attached hydrogens (tertiary/aromatic N) is 3. The van der Waals surface area contributed by atoms with Gasteiger partial charge in [-0.05, 0) is 48.3 Å². The highest BCUT2D eigenvalue weighted by molar-refractivity contribution is 14.1. The Hall–Kier alpha value is -0.890. The van der Waals surface area contributed by atoms with Crippen molar-refractivity contribution in [2.24, 2.45) is 5.73 Å². The Kier molecular flexibility index (Phi) is 3.14. The highest BCUT2D eigenvalue weighted by Gasteiger charge is 2.23. The van der Waals surface area contributed by atoms with E-state index in [0.29, 0.717) is 17.9 Å². The van der Waals surface area contributed by atoms with Crippen molar-refractivity contribution in [3.05, 3.63) is 16.1 Å². The Labute approximate surface area is 119 Å². The van der Waals surface area contributed by atoms with E-state index in [1.165, 1.54) is 0 Å². The van der Waals surface area contributed by atoms with Crippen molar-refractivity contribution in [3.63, 3.8) is 0 Å². The second-order valence-corrected chi connectivity index (χ2v) is 6.07. The predicted octanol–water partition coefficient (Wildman–Crippen LogP) is 2.06. The van der Waals surface area contributed by atoms with Crippen LogP contribution in [0.3, 0.4) is 0 Å². The molecule has 18 heavy (non-hydrogen) atoms. The molecule has 0 aromatic carbocycles. The zero-order valence-electron chi connectivity index (χ0n) is 10.0. The number of nitrogens with two attached hydrogens (primary N) is 2. The molecule has 4 N–H and O–H groups in total. The molecule has 0 unspecified atom stereocenters.